The van der Waals surface area contributed by atoms with Gasteiger partial charge in [0.05, 0.1) is 11.2 Å². The average molecular weight is 322 g/mol. The number of nitrogens with two attached hydrogens (primary N) is 1. The molecule has 102 valence electrons. The minimum absolute atomic E-state index is 0. The van der Waals surface area contributed by atoms with E-state index in [-0.39, 0.29) is 12.4 Å². The van der Waals surface area contributed by atoms with E-state index < -0.39 is 0 Å². The van der Waals surface area contributed by atoms with Crippen LogP contribution in [0.4, 0.5) is 5.95 Å². The zero-order valence-corrected chi connectivity index (χ0v) is 12.2. The molecule has 1 heterocycles. The molecule has 2 aromatic rings. The van der Waals surface area contributed by atoms with Crippen LogP contribution < -0.4 is 11.3 Å². The Kier molecular flexibility index (Phi) is 5.41. The van der Waals surface area contributed by atoms with Crippen molar-refractivity contribution in [3.8, 4) is 0 Å². The number of aromatic nitrogens is 3. The molecule has 0 atom stereocenters. The van der Waals surface area contributed by atoms with Crippen molar-refractivity contribution in [3.63, 3.8) is 0 Å². The van der Waals surface area contributed by atoms with Crippen molar-refractivity contribution in [1.29, 1.82) is 0 Å². The summed E-state index contributed by atoms with van der Waals surface area (Å²) in [6.45, 7) is 1.73. The summed E-state index contributed by atoms with van der Waals surface area (Å²) in [5.74, 6) is 6.57. The molecule has 0 unspecified atom stereocenters. The topological polar surface area (TPSA) is 81.1 Å². The molecule has 0 bridgehead atoms. The Labute approximate surface area is 126 Å². The molecule has 0 aliphatic carbocycles. The fourth-order valence-electron chi connectivity index (χ4n) is 1.21. The van der Waals surface area contributed by atoms with Gasteiger partial charge in [-0.05, 0) is 19.1 Å². The molecule has 0 saturated carbocycles. The second kappa shape index (κ2) is 6.60. The average Bonchev–Trinajstić information content (AvgIpc) is 2.64. The standard InChI is InChI=1S/C10H10Cl2N6.ClH/c1-6-15-17-10(18(6)13)16-14-5-7-2-3-8(11)4-9(7)12;/h2-5H,13H2,1H3,(H,16,17);1H/b14-5+;. The highest BCUT2D eigenvalue weighted by Crippen LogP contribution is 2.19. The highest BCUT2D eigenvalue weighted by molar-refractivity contribution is 6.36. The van der Waals surface area contributed by atoms with E-state index in [4.69, 9.17) is 29.0 Å². The Morgan fingerprint density at radius 1 is 1.37 bits per heavy atom. The van der Waals surface area contributed by atoms with E-state index in [1.165, 1.54) is 4.68 Å². The molecule has 3 N–H and O–H groups in total. The number of nitrogens with one attached hydrogen (secondary N) is 1. The number of anilines is 1. The van der Waals surface area contributed by atoms with Crippen molar-refractivity contribution in [2.45, 2.75) is 6.92 Å². The molecular formula is C10H11Cl3N6. The maximum atomic E-state index is 5.99. The van der Waals surface area contributed by atoms with Gasteiger partial charge in [0.2, 0.25) is 0 Å². The SMILES string of the molecule is Cc1nnc(N/N=C/c2ccc(Cl)cc2Cl)n1N.Cl. The van der Waals surface area contributed by atoms with Gasteiger partial charge in [0.15, 0.2) is 5.82 Å². The molecule has 6 nitrogen and oxygen atoms in total. The number of rotatable bonds is 3. The van der Waals surface area contributed by atoms with Crippen LogP contribution in [0.1, 0.15) is 11.4 Å². The zero-order chi connectivity index (χ0) is 13.1. The number of nitrogens with zero attached hydrogens (tertiary/aromatic N) is 4. The van der Waals surface area contributed by atoms with E-state index in [2.05, 4.69) is 20.7 Å². The van der Waals surface area contributed by atoms with Gasteiger partial charge in [0.25, 0.3) is 5.95 Å². The summed E-state index contributed by atoms with van der Waals surface area (Å²) in [5.41, 5.74) is 3.40. The van der Waals surface area contributed by atoms with Crippen LogP contribution in [0.15, 0.2) is 23.3 Å². The van der Waals surface area contributed by atoms with Gasteiger partial charge in [0.1, 0.15) is 0 Å². The van der Waals surface area contributed by atoms with Crippen molar-refractivity contribution in [3.05, 3.63) is 39.6 Å². The molecule has 19 heavy (non-hydrogen) atoms. The van der Waals surface area contributed by atoms with Crippen LogP contribution in [0.5, 0.6) is 0 Å². The molecule has 0 spiro atoms. The van der Waals surface area contributed by atoms with Crippen molar-refractivity contribution < 1.29 is 0 Å². The van der Waals surface area contributed by atoms with Gasteiger partial charge in [-0.25, -0.2) is 10.1 Å². The molecule has 0 aliphatic rings. The van der Waals surface area contributed by atoms with Crippen LogP contribution in [-0.2, 0) is 0 Å². The van der Waals surface area contributed by atoms with Crippen LogP contribution in [0.25, 0.3) is 0 Å². The van der Waals surface area contributed by atoms with Crippen LogP contribution in [-0.4, -0.2) is 21.1 Å². The lowest BCUT2D eigenvalue weighted by molar-refractivity contribution is 0.926. The smallest absolute Gasteiger partial charge is 0.263 e. The fraction of sp³-hybridized carbons (Fsp3) is 0.100. The van der Waals surface area contributed by atoms with Gasteiger partial charge in [-0.15, -0.1) is 22.6 Å². The van der Waals surface area contributed by atoms with Gasteiger partial charge in [-0.3, -0.25) is 0 Å². The third-order valence-electron chi connectivity index (χ3n) is 2.20. The third kappa shape index (κ3) is 3.73. The summed E-state index contributed by atoms with van der Waals surface area (Å²) in [6.07, 6.45) is 1.54. The summed E-state index contributed by atoms with van der Waals surface area (Å²) in [4.78, 5) is 0. The second-order valence-corrected chi connectivity index (χ2v) is 4.32. The molecule has 1 aromatic carbocycles. The van der Waals surface area contributed by atoms with E-state index in [0.717, 1.165) is 5.56 Å². The fourth-order valence-corrected chi connectivity index (χ4v) is 1.67. The summed E-state index contributed by atoms with van der Waals surface area (Å²) in [6, 6.07) is 5.12. The first-order valence-corrected chi connectivity index (χ1v) is 5.75. The zero-order valence-electron chi connectivity index (χ0n) is 9.84. The Morgan fingerprint density at radius 3 is 2.68 bits per heavy atom. The second-order valence-electron chi connectivity index (χ2n) is 3.48. The lowest BCUT2D eigenvalue weighted by atomic mass is 10.2. The van der Waals surface area contributed by atoms with Gasteiger partial charge in [-0.1, -0.05) is 29.3 Å². The normalized spacial score (nSPS) is 10.5. The summed E-state index contributed by atoms with van der Waals surface area (Å²) >= 11 is 11.8. The molecule has 2 rings (SSSR count). The van der Waals surface area contributed by atoms with E-state index in [0.29, 0.717) is 21.8 Å². The Balaban J connectivity index is 0.00000180. The Hall–Kier alpha value is -1.50. The molecule has 0 saturated heterocycles. The van der Waals surface area contributed by atoms with Gasteiger partial charge in [-0.2, -0.15) is 5.10 Å². The number of aryl methyl sites for hydroxylation is 1. The Morgan fingerprint density at radius 2 is 2.11 bits per heavy atom. The first kappa shape index (κ1) is 15.6. The summed E-state index contributed by atoms with van der Waals surface area (Å²) in [5, 5.41) is 12.6. The predicted octanol–water partition coefficient (Wildman–Crippen LogP) is 2.47. The van der Waals surface area contributed by atoms with Crippen LogP contribution in [0.3, 0.4) is 0 Å². The van der Waals surface area contributed by atoms with Gasteiger partial charge < -0.3 is 5.84 Å². The van der Waals surface area contributed by atoms with E-state index in [1.54, 1.807) is 31.3 Å². The van der Waals surface area contributed by atoms with Gasteiger partial charge >= 0.3 is 0 Å². The molecule has 9 heteroatoms. The molecule has 0 amide bonds. The summed E-state index contributed by atoms with van der Waals surface area (Å²) in [7, 11) is 0. The van der Waals surface area contributed by atoms with Crippen molar-refractivity contribution in [2.24, 2.45) is 5.10 Å². The number of halogens is 3. The highest BCUT2D eigenvalue weighted by Gasteiger charge is 2.03. The third-order valence-corrected chi connectivity index (χ3v) is 2.76. The molecular weight excluding hydrogens is 311 g/mol. The Bertz CT molecular complexity index is 595. The lowest BCUT2D eigenvalue weighted by Gasteiger charge is -2.00. The van der Waals surface area contributed by atoms with E-state index in [1.807, 2.05) is 0 Å². The van der Waals surface area contributed by atoms with Crippen molar-refractivity contribution in [1.82, 2.24) is 14.9 Å². The lowest BCUT2D eigenvalue weighted by Crippen LogP contribution is -2.13. The number of hydrogen-bond donors (Lipinski definition) is 2. The van der Waals surface area contributed by atoms with Crippen LogP contribution >= 0.6 is 35.6 Å². The molecule has 0 fully saturated rings. The maximum absolute atomic E-state index is 5.99. The molecule has 0 radical (unpaired) electrons. The van der Waals surface area contributed by atoms with Crippen LogP contribution in [0, 0.1) is 6.92 Å². The maximum Gasteiger partial charge on any atom is 0.263 e. The largest absolute Gasteiger partial charge is 0.335 e. The number of benzene rings is 1. The first-order chi connectivity index (χ1) is 8.58. The number of nitrogen functional groups attached to an aromatic ring is 1. The quantitative estimate of drug-likeness (QED) is 0.517. The number of hydrogen-bond acceptors (Lipinski definition) is 5. The minimum atomic E-state index is 0. The van der Waals surface area contributed by atoms with Crippen molar-refractivity contribution in [2.75, 3.05) is 11.3 Å². The summed E-state index contributed by atoms with van der Waals surface area (Å²) < 4.78 is 1.29. The van der Waals surface area contributed by atoms with E-state index >= 15 is 0 Å². The van der Waals surface area contributed by atoms with E-state index in [9.17, 15) is 0 Å². The van der Waals surface area contributed by atoms with Crippen LogP contribution in [0.2, 0.25) is 10.0 Å². The first-order valence-electron chi connectivity index (χ1n) is 4.99. The van der Waals surface area contributed by atoms with Gasteiger partial charge in [0, 0.05) is 10.6 Å². The molecule has 0 aliphatic heterocycles. The monoisotopic (exact) mass is 320 g/mol. The van der Waals surface area contributed by atoms with Crippen molar-refractivity contribution >= 4 is 47.8 Å². The highest BCUT2D eigenvalue weighted by atomic mass is 35.5. The minimum Gasteiger partial charge on any atom is -0.335 e. The molecule has 1 aromatic heterocycles. The number of hydrazone groups is 1. The predicted molar refractivity (Wildman–Crippen MR) is 79.8 cm³/mol.